The van der Waals surface area contributed by atoms with E-state index >= 15 is 0 Å². The molecule has 0 saturated carbocycles. The lowest BCUT2D eigenvalue weighted by atomic mass is 11.0. The van der Waals surface area contributed by atoms with E-state index in [1.807, 2.05) is 4.84 Å². The van der Waals surface area contributed by atoms with Crippen LogP contribution in [-0.2, 0) is 0 Å². The Morgan fingerprint density at radius 1 is 1.62 bits per heavy atom. The molecule has 2 amide bonds. The van der Waals surface area contributed by atoms with Crippen molar-refractivity contribution in [3.05, 3.63) is 0 Å². The zero-order chi connectivity index (χ0) is 4.99. The number of hydrogen-bond acceptors (Lipinski definition) is 1. The van der Waals surface area contributed by atoms with E-state index in [0.717, 1.165) is 0 Å². The molecule has 0 aliphatic heterocycles. The molecule has 0 aromatic carbocycles. The molecule has 0 saturated heterocycles. The van der Waals surface area contributed by atoms with Gasteiger partial charge in [-0.2, -0.15) is 0 Å². The summed E-state index contributed by atoms with van der Waals surface area (Å²) in [6.07, 6.45) is 0. The highest BCUT2D eigenvalue weighted by Crippen LogP contribution is 1.52. The number of hydrogen-bond donors (Lipinski definition) is 2. The molecule has 0 unspecified atom stereocenters. The number of primary amides is 1. The van der Waals surface area contributed by atoms with Gasteiger partial charge < -0.3 is 24.8 Å². The zero-order valence-corrected chi connectivity index (χ0v) is 6.39. The molecule has 0 bridgehead atoms. The molecule has 0 atom stereocenters. The zero-order valence-electron chi connectivity index (χ0n) is 4.12. The topological polar surface area (TPSA) is 45.7 Å². The first-order chi connectivity index (χ1) is 2.81. The van der Waals surface area contributed by atoms with E-state index in [1.165, 1.54) is 5.32 Å². The van der Waals surface area contributed by atoms with Gasteiger partial charge in [-0.15, -0.1) is 0 Å². The third-order valence-corrected chi connectivity index (χ3v) is 0.542. The summed E-state index contributed by atoms with van der Waals surface area (Å²) >= 11 is 4.82. The molecule has 8 heavy (non-hydrogen) atoms. The average Bonchev–Trinajstić information content (AvgIpc) is 1.65. The first kappa shape index (κ1) is 15.7. The normalized spacial score (nSPS) is 5.75. The maximum atomic E-state index is 9.88. The molecule has 6 heteroatoms. The van der Waals surface area contributed by atoms with E-state index in [2.05, 4.69) is 0 Å². The Morgan fingerprint density at radius 2 is 2.00 bits per heavy atom. The molecule has 3 N–H and O–H groups in total. The van der Waals surface area contributed by atoms with E-state index in [4.69, 9.17) is 11.8 Å². The second-order valence-corrected chi connectivity index (χ2v) is 0.936. The summed E-state index contributed by atoms with van der Waals surface area (Å²) in [4.78, 5) is 11.8. The highest BCUT2D eigenvalue weighted by molar-refractivity contribution is 6.19. The fourth-order valence-electron chi connectivity index (χ4n) is 0.0546. The third kappa shape index (κ3) is 9.57. The Kier molecular flexibility index (Phi) is 20.3. The largest absolute Gasteiger partial charge is 1.00 e. The van der Waals surface area contributed by atoms with Crippen molar-refractivity contribution in [2.75, 3.05) is 7.05 Å². The molecular weight excluding hydrogens is 174 g/mol. The van der Waals surface area contributed by atoms with Crippen molar-refractivity contribution in [1.29, 1.82) is 0 Å². The fraction of sp³-hybridized carbons (Fsp3) is 0.500. The first-order valence-corrected chi connectivity index (χ1v) is 1.89. The fourth-order valence-corrected chi connectivity index (χ4v) is 0.164. The summed E-state index contributed by atoms with van der Waals surface area (Å²) in [6.45, 7) is 0. The van der Waals surface area contributed by atoms with Crippen molar-refractivity contribution in [3.63, 3.8) is 0 Å². The number of halogens is 3. The van der Waals surface area contributed by atoms with Gasteiger partial charge in [-0.1, -0.05) is 0 Å². The van der Waals surface area contributed by atoms with E-state index < -0.39 is 0 Å². The summed E-state index contributed by atoms with van der Waals surface area (Å²) in [5, 5.41) is 1.34. The Balaban J connectivity index is -0.000000125. The maximum absolute atomic E-state index is 9.88. The molecule has 0 fully saturated rings. The number of rotatable bonds is 0. The minimum absolute atomic E-state index is 0. The molecule has 0 aromatic rings. The lowest BCUT2D eigenvalue weighted by molar-refractivity contribution is -0.523. The minimum Gasteiger partial charge on any atom is -1.00 e. The van der Waals surface area contributed by atoms with Crippen LogP contribution < -0.4 is 35.0 Å². The van der Waals surface area contributed by atoms with Gasteiger partial charge >= 0.3 is 6.03 Å². The van der Waals surface area contributed by atoms with Crippen molar-refractivity contribution >= 4 is 17.8 Å². The second kappa shape index (κ2) is 10.3. The van der Waals surface area contributed by atoms with Gasteiger partial charge in [0.25, 0.3) is 0 Å². The average molecular weight is 180 g/mol. The van der Waals surface area contributed by atoms with E-state index in [1.54, 1.807) is 7.05 Å². The highest BCUT2D eigenvalue weighted by atomic mass is 35.5. The van der Waals surface area contributed by atoms with Gasteiger partial charge in [0.2, 0.25) is 0 Å². The number of urea groups is 1. The number of carbonyl (C=O) groups excluding carboxylic acids is 1. The van der Waals surface area contributed by atoms with Crippen molar-refractivity contribution in [2.24, 2.45) is 0 Å². The first-order valence-electron chi connectivity index (χ1n) is 1.51. The highest BCUT2D eigenvalue weighted by Gasteiger charge is 1.91. The van der Waals surface area contributed by atoms with Gasteiger partial charge in [-0.25, -0.2) is 9.63 Å². The number of nitrogens with two attached hydrogens (primary N) is 1. The molecule has 0 heterocycles. The SMILES string of the molecule is C[NH2+]C(=O)NCl.[Cl-].[Cl-]. The Labute approximate surface area is 65.1 Å². The quantitative estimate of drug-likeness (QED) is 0.358. The number of amides is 2. The maximum Gasteiger partial charge on any atom is 0.427 e. The van der Waals surface area contributed by atoms with Gasteiger partial charge in [0.05, 0.1) is 7.05 Å². The predicted octanol–water partition coefficient (Wildman–Crippen LogP) is -6.95. The van der Waals surface area contributed by atoms with Crippen molar-refractivity contribution in [3.8, 4) is 0 Å². The van der Waals surface area contributed by atoms with Crippen LogP contribution >= 0.6 is 11.8 Å². The molecule has 0 rings (SSSR count). The minimum atomic E-state index is -0.267. The lowest BCUT2D eigenvalue weighted by Gasteiger charge is -1.81. The van der Waals surface area contributed by atoms with Crippen LogP contribution in [0.4, 0.5) is 4.79 Å². The van der Waals surface area contributed by atoms with Crippen LogP contribution in [0.25, 0.3) is 0 Å². The molecule has 0 aliphatic carbocycles. The van der Waals surface area contributed by atoms with Crippen molar-refractivity contribution in [2.45, 2.75) is 0 Å². The van der Waals surface area contributed by atoms with Gasteiger partial charge in [0.1, 0.15) is 0 Å². The Morgan fingerprint density at radius 3 is 2.00 bits per heavy atom. The van der Waals surface area contributed by atoms with Gasteiger partial charge in [0, 0.05) is 11.8 Å². The number of carbonyl (C=O) groups is 1. The molecule has 0 aromatic heterocycles. The monoisotopic (exact) mass is 179 g/mol. The summed E-state index contributed by atoms with van der Waals surface area (Å²) in [6, 6.07) is -0.267. The van der Waals surface area contributed by atoms with E-state index in [-0.39, 0.29) is 30.8 Å². The summed E-state index contributed by atoms with van der Waals surface area (Å²) in [5.41, 5.74) is 0. The lowest BCUT2D eigenvalue weighted by Crippen LogP contribution is -3.00. The Hall–Kier alpha value is 0.300. The molecule has 0 radical (unpaired) electrons. The third-order valence-electron chi connectivity index (χ3n) is 0.355. The van der Waals surface area contributed by atoms with Crippen LogP contribution in [-0.4, -0.2) is 13.1 Å². The van der Waals surface area contributed by atoms with Crippen molar-refractivity contribution in [1.82, 2.24) is 4.84 Å². The Bertz CT molecular complexity index is 53.2. The number of quaternary nitrogens is 1. The van der Waals surface area contributed by atoms with Crippen molar-refractivity contribution < 1.29 is 34.9 Å². The van der Waals surface area contributed by atoms with Gasteiger partial charge in [-0.3, -0.25) is 5.32 Å². The van der Waals surface area contributed by atoms with E-state index in [9.17, 15) is 4.79 Å². The van der Waals surface area contributed by atoms with Crippen LogP contribution in [0.1, 0.15) is 0 Å². The standard InChI is InChI=1S/C2H5ClN2O.2ClH/c1-4-2(6)5-3;;/h1H3,(H2,4,5,6);2*1H/p-1. The second-order valence-electron chi connectivity index (χ2n) is 0.747. The summed E-state index contributed by atoms with van der Waals surface area (Å²) in [5.74, 6) is 0. The summed E-state index contributed by atoms with van der Waals surface area (Å²) < 4.78 is 0. The molecule has 0 aliphatic rings. The van der Waals surface area contributed by atoms with Crippen LogP contribution in [0.5, 0.6) is 0 Å². The van der Waals surface area contributed by atoms with Crippen LogP contribution in [0.15, 0.2) is 0 Å². The van der Waals surface area contributed by atoms with Gasteiger partial charge in [0.15, 0.2) is 0 Å². The van der Waals surface area contributed by atoms with Gasteiger partial charge in [-0.05, 0) is 0 Å². The van der Waals surface area contributed by atoms with Crippen LogP contribution in [0.3, 0.4) is 0 Å². The number of nitrogens with one attached hydrogen (secondary N) is 1. The summed E-state index contributed by atoms with van der Waals surface area (Å²) in [7, 11) is 1.61. The predicted molar refractivity (Wildman–Crippen MR) is 22.2 cm³/mol. The molecule has 3 nitrogen and oxygen atoms in total. The van der Waals surface area contributed by atoms with E-state index in [0.29, 0.717) is 0 Å². The smallest absolute Gasteiger partial charge is 0.427 e. The molecule has 0 spiro atoms. The van der Waals surface area contributed by atoms with Crippen LogP contribution in [0, 0.1) is 0 Å². The van der Waals surface area contributed by atoms with Crippen LogP contribution in [0.2, 0.25) is 0 Å². The molecule has 52 valence electrons. The molecular formula is C2H6Cl3N2O-.